The van der Waals surface area contributed by atoms with Crippen LogP contribution < -0.4 is 0 Å². The summed E-state index contributed by atoms with van der Waals surface area (Å²) in [7, 11) is 1.35. The van der Waals surface area contributed by atoms with E-state index in [-0.39, 0.29) is 5.69 Å². The first kappa shape index (κ1) is 13.2. The Labute approximate surface area is 110 Å². The molecule has 0 radical (unpaired) electrons. The zero-order chi connectivity index (χ0) is 13.9. The summed E-state index contributed by atoms with van der Waals surface area (Å²) in [5.41, 5.74) is 0.734. The summed E-state index contributed by atoms with van der Waals surface area (Å²) < 4.78 is 5.18. The Morgan fingerprint density at radius 1 is 1.11 bits per heavy atom. The number of ether oxygens (including phenoxy) is 1. The molecular formula is C14H13NO4. The predicted octanol–water partition coefficient (Wildman–Crippen LogP) is 2.43. The first-order valence-corrected chi connectivity index (χ1v) is 5.66. The Kier molecular flexibility index (Phi) is 3.59. The van der Waals surface area contributed by atoms with Gasteiger partial charge in [0.1, 0.15) is 0 Å². The maximum Gasteiger partial charge on any atom is 0.269 e. The van der Waals surface area contributed by atoms with Gasteiger partial charge in [-0.05, 0) is 0 Å². The van der Waals surface area contributed by atoms with E-state index in [9.17, 15) is 15.2 Å². The van der Waals surface area contributed by atoms with Crippen LogP contribution in [0.3, 0.4) is 0 Å². The standard InChI is InChI=1S/C14H13NO4/c1-19-14(16,11-6-3-2-4-7-11)12-8-5-9-13(10-12)15(17)18/h2-10,16H,1H3. The molecule has 0 aliphatic carbocycles. The van der Waals surface area contributed by atoms with E-state index in [1.54, 1.807) is 30.3 Å². The van der Waals surface area contributed by atoms with Gasteiger partial charge in [-0.2, -0.15) is 0 Å². The Hall–Kier alpha value is -2.24. The van der Waals surface area contributed by atoms with Crippen molar-refractivity contribution in [3.63, 3.8) is 0 Å². The normalized spacial score (nSPS) is 13.8. The summed E-state index contributed by atoms with van der Waals surface area (Å²) in [6.45, 7) is 0. The molecule has 2 aromatic carbocycles. The fourth-order valence-electron chi connectivity index (χ4n) is 1.90. The van der Waals surface area contributed by atoms with Gasteiger partial charge in [0, 0.05) is 30.4 Å². The van der Waals surface area contributed by atoms with Crippen LogP contribution in [0, 0.1) is 10.1 Å². The molecule has 0 aliphatic heterocycles. The number of non-ortho nitro benzene ring substituents is 1. The molecule has 0 amide bonds. The topological polar surface area (TPSA) is 72.6 Å². The summed E-state index contributed by atoms with van der Waals surface area (Å²) in [5.74, 6) is -1.70. The monoisotopic (exact) mass is 259 g/mol. The van der Waals surface area contributed by atoms with Gasteiger partial charge in [0.15, 0.2) is 0 Å². The van der Waals surface area contributed by atoms with Crippen LogP contribution in [0.15, 0.2) is 54.6 Å². The molecule has 5 nitrogen and oxygen atoms in total. The van der Waals surface area contributed by atoms with Crippen molar-refractivity contribution >= 4 is 5.69 Å². The van der Waals surface area contributed by atoms with E-state index in [0.717, 1.165) is 0 Å². The minimum absolute atomic E-state index is 0.0936. The average Bonchev–Trinajstić information content (AvgIpc) is 2.47. The van der Waals surface area contributed by atoms with E-state index < -0.39 is 10.7 Å². The number of nitrogens with zero attached hydrogens (tertiary/aromatic N) is 1. The van der Waals surface area contributed by atoms with Crippen LogP contribution in [0.4, 0.5) is 5.69 Å². The minimum Gasteiger partial charge on any atom is -0.358 e. The van der Waals surface area contributed by atoms with Gasteiger partial charge in [-0.1, -0.05) is 42.5 Å². The lowest BCUT2D eigenvalue weighted by atomic mass is 9.97. The van der Waals surface area contributed by atoms with Crippen molar-refractivity contribution in [3.8, 4) is 0 Å². The molecule has 0 saturated carbocycles. The zero-order valence-electron chi connectivity index (χ0n) is 10.3. The Balaban J connectivity index is 2.53. The average molecular weight is 259 g/mol. The number of benzene rings is 2. The van der Waals surface area contributed by atoms with Gasteiger partial charge in [-0.25, -0.2) is 0 Å². The van der Waals surface area contributed by atoms with Crippen molar-refractivity contribution in [1.29, 1.82) is 0 Å². The Morgan fingerprint density at radius 2 is 1.74 bits per heavy atom. The van der Waals surface area contributed by atoms with E-state index in [0.29, 0.717) is 11.1 Å². The van der Waals surface area contributed by atoms with E-state index in [1.807, 2.05) is 6.07 Å². The minimum atomic E-state index is -1.70. The third-order valence-corrected chi connectivity index (χ3v) is 2.91. The van der Waals surface area contributed by atoms with Crippen molar-refractivity contribution < 1.29 is 14.8 Å². The molecule has 0 saturated heterocycles. The smallest absolute Gasteiger partial charge is 0.269 e. The second kappa shape index (κ2) is 5.17. The lowest BCUT2D eigenvalue weighted by Crippen LogP contribution is -2.29. The number of hydrogen-bond acceptors (Lipinski definition) is 4. The third-order valence-electron chi connectivity index (χ3n) is 2.91. The van der Waals surface area contributed by atoms with Crippen molar-refractivity contribution in [3.05, 3.63) is 75.8 Å². The number of aliphatic hydroxyl groups is 1. The van der Waals surface area contributed by atoms with Gasteiger partial charge in [-0.3, -0.25) is 10.1 Å². The fraction of sp³-hybridized carbons (Fsp3) is 0.143. The van der Waals surface area contributed by atoms with Crippen molar-refractivity contribution in [1.82, 2.24) is 0 Å². The predicted molar refractivity (Wildman–Crippen MR) is 69.5 cm³/mol. The number of nitro groups is 1. The lowest BCUT2D eigenvalue weighted by Gasteiger charge is -2.27. The molecule has 0 aromatic heterocycles. The SMILES string of the molecule is COC(O)(c1ccccc1)c1cccc([N+](=O)[O-])c1. The Morgan fingerprint density at radius 3 is 2.32 bits per heavy atom. The molecule has 1 atom stereocenters. The number of methoxy groups -OCH3 is 1. The van der Waals surface area contributed by atoms with Gasteiger partial charge in [0.2, 0.25) is 5.79 Å². The summed E-state index contributed by atoms with van der Waals surface area (Å²) in [4.78, 5) is 10.3. The second-order valence-electron chi connectivity index (χ2n) is 4.02. The molecule has 0 fully saturated rings. The molecule has 98 valence electrons. The van der Waals surface area contributed by atoms with E-state index in [4.69, 9.17) is 4.74 Å². The summed E-state index contributed by atoms with van der Waals surface area (Å²) in [5, 5.41) is 21.4. The summed E-state index contributed by atoms with van der Waals surface area (Å²) in [6.07, 6.45) is 0. The van der Waals surface area contributed by atoms with E-state index in [2.05, 4.69) is 0 Å². The molecule has 0 spiro atoms. The number of rotatable bonds is 4. The van der Waals surface area contributed by atoms with Crippen LogP contribution in [0.5, 0.6) is 0 Å². The molecule has 0 bridgehead atoms. The van der Waals surface area contributed by atoms with Crippen LogP contribution in [-0.4, -0.2) is 17.1 Å². The van der Waals surface area contributed by atoms with Crippen molar-refractivity contribution in [2.75, 3.05) is 7.11 Å². The van der Waals surface area contributed by atoms with Gasteiger partial charge in [-0.15, -0.1) is 0 Å². The quantitative estimate of drug-likeness (QED) is 0.520. The van der Waals surface area contributed by atoms with Gasteiger partial charge >= 0.3 is 0 Å². The van der Waals surface area contributed by atoms with Crippen LogP contribution in [0.25, 0.3) is 0 Å². The zero-order valence-corrected chi connectivity index (χ0v) is 10.3. The second-order valence-corrected chi connectivity index (χ2v) is 4.02. The van der Waals surface area contributed by atoms with Crippen molar-refractivity contribution in [2.24, 2.45) is 0 Å². The molecule has 1 N–H and O–H groups in total. The summed E-state index contributed by atoms with van der Waals surface area (Å²) >= 11 is 0. The first-order valence-electron chi connectivity index (χ1n) is 5.66. The highest BCUT2D eigenvalue weighted by Gasteiger charge is 2.32. The third kappa shape index (κ3) is 2.47. The van der Waals surface area contributed by atoms with E-state index >= 15 is 0 Å². The Bertz CT molecular complexity index is 585. The highest BCUT2D eigenvalue weighted by Crippen LogP contribution is 2.31. The maximum atomic E-state index is 10.8. The number of nitro benzene ring substituents is 1. The fourth-order valence-corrected chi connectivity index (χ4v) is 1.90. The molecule has 0 heterocycles. The molecule has 2 aromatic rings. The van der Waals surface area contributed by atoms with Gasteiger partial charge in [0.25, 0.3) is 5.69 Å². The molecule has 2 rings (SSSR count). The van der Waals surface area contributed by atoms with Crippen LogP contribution in [0.2, 0.25) is 0 Å². The molecule has 5 heteroatoms. The largest absolute Gasteiger partial charge is 0.358 e. The lowest BCUT2D eigenvalue weighted by molar-refractivity contribution is -0.385. The maximum absolute atomic E-state index is 10.8. The van der Waals surface area contributed by atoms with Gasteiger partial charge in [0.05, 0.1) is 4.92 Å². The number of hydrogen-bond donors (Lipinski definition) is 1. The van der Waals surface area contributed by atoms with Crippen molar-refractivity contribution in [2.45, 2.75) is 5.79 Å². The van der Waals surface area contributed by atoms with Crippen LogP contribution in [-0.2, 0) is 10.5 Å². The molecule has 0 aliphatic rings. The van der Waals surface area contributed by atoms with Gasteiger partial charge < -0.3 is 9.84 Å². The van der Waals surface area contributed by atoms with Crippen LogP contribution in [0.1, 0.15) is 11.1 Å². The molecular weight excluding hydrogens is 246 g/mol. The highest BCUT2D eigenvalue weighted by atomic mass is 16.6. The highest BCUT2D eigenvalue weighted by molar-refractivity contribution is 5.40. The van der Waals surface area contributed by atoms with E-state index in [1.165, 1.54) is 25.3 Å². The van der Waals surface area contributed by atoms with Crippen LogP contribution >= 0.6 is 0 Å². The molecule has 1 unspecified atom stereocenters. The first-order chi connectivity index (χ1) is 9.08. The molecule has 19 heavy (non-hydrogen) atoms. The summed E-state index contributed by atoms with van der Waals surface area (Å²) in [6, 6.07) is 14.5.